The molecule has 0 atom stereocenters. The first-order chi connectivity index (χ1) is 10.3. The second-order valence-electron chi connectivity index (χ2n) is 5.06. The smallest absolute Gasteiger partial charge is 0.119 e. The molecule has 0 bridgehead atoms. The molecule has 0 amide bonds. The molecule has 0 fully saturated rings. The van der Waals surface area contributed by atoms with Crippen LogP contribution in [0.4, 0.5) is 5.69 Å². The first-order valence-corrected chi connectivity index (χ1v) is 7.87. The van der Waals surface area contributed by atoms with Crippen LogP contribution in [0.1, 0.15) is 31.7 Å². The Morgan fingerprint density at radius 2 is 1.86 bits per heavy atom. The summed E-state index contributed by atoms with van der Waals surface area (Å²) in [4.78, 5) is 0. The van der Waals surface area contributed by atoms with Gasteiger partial charge in [-0.05, 0) is 42.3 Å². The van der Waals surface area contributed by atoms with Crippen molar-refractivity contribution in [1.29, 1.82) is 0 Å². The van der Waals surface area contributed by atoms with Crippen LogP contribution < -0.4 is 10.1 Å². The maximum atomic E-state index is 5.96. The molecule has 1 N–H and O–H groups in total. The summed E-state index contributed by atoms with van der Waals surface area (Å²) in [6, 6.07) is 16.0. The fourth-order valence-corrected chi connectivity index (χ4v) is 2.24. The van der Waals surface area contributed by atoms with Gasteiger partial charge in [-0.25, -0.2) is 0 Å². The summed E-state index contributed by atoms with van der Waals surface area (Å²) >= 11 is 5.96. The lowest BCUT2D eigenvalue weighted by Gasteiger charge is -2.09. The molecule has 0 unspecified atom stereocenters. The molecule has 0 aromatic heterocycles. The third-order valence-corrected chi connectivity index (χ3v) is 3.50. The summed E-state index contributed by atoms with van der Waals surface area (Å²) in [5.74, 6) is 0.942. The Morgan fingerprint density at radius 1 is 1.05 bits per heavy atom. The van der Waals surface area contributed by atoms with E-state index in [0.717, 1.165) is 36.0 Å². The number of ether oxygens (including phenoxy) is 1. The summed E-state index contributed by atoms with van der Waals surface area (Å²) in [5.41, 5.74) is 2.25. The van der Waals surface area contributed by atoms with Crippen LogP contribution >= 0.6 is 11.6 Å². The van der Waals surface area contributed by atoms with Crippen molar-refractivity contribution in [3.8, 4) is 5.75 Å². The summed E-state index contributed by atoms with van der Waals surface area (Å²) in [6.07, 6.45) is 3.56. The van der Waals surface area contributed by atoms with E-state index in [1.54, 1.807) is 0 Å². The number of hydrogen-bond donors (Lipinski definition) is 1. The van der Waals surface area contributed by atoms with Crippen LogP contribution in [0.5, 0.6) is 5.75 Å². The molecule has 2 nitrogen and oxygen atoms in total. The number of unbranched alkanes of at least 4 members (excludes halogenated alkanes) is 2. The minimum absolute atomic E-state index is 0.746. The molecule has 0 saturated carbocycles. The summed E-state index contributed by atoms with van der Waals surface area (Å²) in [6.45, 7) is 3.77. The summed E-state index contributed by atoms with van der Waals surface area (Å²) < 4.78 is 5.70. The first-order valence-electron chi connectivity index (χ1n) is 7.49. The molecular weight excluding hydrogens is 282 g/mol. The van der Waals surface area contributed by atoms with Crippen LogP contribution in [0.2, 0.25) is 5.02 Å². The van der Waals surface area contributed by atoms with Crippen molar-refractivity contribution in [3.05, 3.63) is 59.1 Å². The number of anilines is 1. The first kappa shape index (κ1) is 15.7. The van der Waals surface area contributed by atoms with Crippen LogP contribution in [0, 0.1) is 0 Å². The van der Waals surface area contributed by atoms with Crippen molar-refractivity contribution in [2.24, 2.45) is 0 Å². The van der Waals surface area contributed by atoms with Crippen molar-refractivity contribution in [2.75, 3.05) is 11.9 Å². The highest BCUT2D eigenvalue weighted by Gasteiger charge is 1.97. The van der Waals surface area contributed by atoms with Crippen LogP contribution in [0.3, 0.4) is 0 Å². The molecule has 0 heterocycles. The SMILES string of the molecule is CCCCCOc1ccc(CNc2cccc(Cl)c2)cc1. The lowest BCUT2D eigenvalue weighted by atomic mass is 10.2. The fraction of sp³-hybridized carbons (Fsp3) is 0.333. The van der Waals surface area contributed by atoms with Crippen molar-refractivity contribution in [3.63, 3.8) is 0 Å². The monoisotopic (exact) mass is 303 g/mol. The van der Waals surface area contributed by atoms with Crippen molar-refractivity contribution < 1.29 is 4.74 Å². The van der Waals surface area contributed by atoms with Gasteiger partial charge in [-0.1, -0.05) is 49.6 Å². The number of rotatable bonds is 8. The van der Waals surface area contributed by atoms with E-state index in [-0.39, 0.29) is 0 Å². The number of nitrogens with one attached hydrogen (secondary N) is 1. The highest BCUT2D eigenvalue weighted by molar-refractivity contribution is 6.30. The van der Waals surface area contributed by atoms with Crippen molar-refractivity contribution in [1.82, 2.24) is 0 Å². The lowest BCUT2D eigenvalue weighted by molar-refractivity contribution is 0.306. The maximum Gasteiger partial charge on any atom is 0.119 e. The van der Waals surface area contributed by atoms with Gasteiger partial charge >= 0.3 is 0 Å². The average molecular weight is 304 g/mol. The molecule has 0 aliphatic heterocycles. The minimum Gasteiger partial charge on any atom is -0.494 e. The zero-order valence-corrected chi connectivity index (χ0v) is 13.2. The van der Waals surface area contributed by atoms with E-state index in [1.807, 2.05) is 36.4 Å². The van der Waals surface area contributed by atoms with Gasteiger partial charge in [0.1, 0.15) is 5.75 Å². The molecule has 2 rings (SSSR count). The van der Waals surface area contributed by atoms with Gasteiger partial charge in [0, 0.05) is 17.3 Å². The van der Waals surface area contributed by atoms with Gasteiger partial charge < -0.3 is 10.1 Å². The molecule has 0 spiro atoms. The maximum absolute atomic E-state index is 5.96. The number of benzene rings is 2. The predicted octanol–water partition coefficient (Wildman–Crippen LogP) is 5.52. The quantitative estimate of drug-likeness (QED) is 0.648. The predicted molar refractivity (Wildman–Crippen MR) is 90.2 cm³/mol. The van der Waals surface area contributed by atoms with E-state index in [9.17, 15) is 0 Å². The molecule has 0 saturated heterocycles. The Morgan fingerprint density at radius 3 is 2.57 bits per heavy atom. The Hall–Kier alpha value is -1.67. The van der Waals surface area contributed by atoms with Gasteiger partial charge in [0.2, 0.25) is 0 Å². The van der Waals surface area contributed by atoms with Crippen LogP contribution in [-0.4, -0.2) is 6.61 Å². The van der Waals surface area contributed by atoms with Crippen LogP contribution in [0.15, 0.2) is 48.5 Å². The third-order valence-electron chi connectivity index (χ3n) is 3.26. The summed E-state index contributed by atoms with van der Waals surface area (Å²) in [7, 11) is 0. The molecule has 2 aromatic rings. The Balaban J connectivity index is 1.79. The fourth-order valence-electron chi connectivity index (χ4n) is 2.05. The molecular formula is C18H22ClNO. The van der Waals surface area contributed by atoms with Gasteiger partial charge in [0.25, 0.3) is 0 Å². The van der Waals surface area contributed by atoms with Gasteiger partial charge in [0.05, 0.1) is 6.61 Å². The highest BCUT2D eigenvalue weighted by Crippen LogP contribution is 2.17. The van der Waals surface area contributed by atoms with E-state index >= 15 is 0 Å². The lowest BCUT2D eigenvalue weighted by Crippen LogP contribution is -2.00. The molecule has 0 aliphatic rings. The molecule has 112 valence electrons. The van der Waals surface area contributed by atoms with E-state index in [1.165, 1.54) is 18.4 Å². The van der Waals surface area contributed by atoms with E-state index in [2.05, 4.69) is 24.4 Å². The normalized spacial score (nSPS) is 10.4. The topological polar surface area (TPSA) is 21.3 Å². The van der Waals surface area contributed by atoms with Crippen LogP contribution in [0.25, 0.3) is 0 Å². The Labute approximate surface area is 132 Å². The second-order valence-corrected chi connectivity index (χ2v) is 5.50. The molecule has 3 heteroatoms. The van der Waals surface area contributed by atoms with E-state index in [0.29, 0.717) is 0 Å². The molecule has 0 aliphatic carbocycles. The zero-order chi connectivity index (χ0) is 14.9. The highest BCUT2D eigenvalue weighted by atomic mass is 35.5. The number of hydrogen-bond acceptors (Lipinski definition) is 2. The van der Waals surface area contributed by atoms with E-state index < -0.39 is 0 Å². The third kappa shape index (κ3) is 5.68. The largest absolute Gasteiger partial charge is 0.494 e. The van der Waals surface area contributed by atoms with E-state index in [4.69, 9.17) is 16.3 Å². The average Bonchev–Trinajstić information content (AvgIpc) is 2.51. The molecule has 0 radical (unpaired) electrons. The van der Waals surface area contributed by atoms with Gasteiger partial charge in [-0.3, -0.25) is 0 Å². The van der Waals surface area contributed by atoms with Crippen molar-refractivity contribution in [2.45, 2.75) is 32.7 Å². The summed E-state index contributed by atoms with van der Waals surface area (Å²) in [5, 5.41) is 4.10. The minimum atomic E-state index is 0.746. The molecule has 21 heavy (non-hydrogen) atoms. The van der Waals surface area contributed by atoms with Gasteiger partial charge in [0.15, 0.2) is 0 Å². The second kappa shape index (κ2) is 8.58. The van der Waals surface area contributed by atoms with Gasteiger partial charge in [-0.2, -0.15) is 0 Å². The Kier molecular flexibility index (Phi) is 6.42. The molecule has 2 aromatic carbocycles. The standard InChI is InChI=1S/C18H22ClNO/c1-2-3-4-12-21-18-10-8-15(9-11-18)14-20-17-7-5-6-16(19)13-17/h5-11,13,20H,2-4,12,14H2,1H3. The van der Waals surface area contributed by atoms with Crippen molar-refractivity contribution >= 4 is 17.3 Å². The number of halogens is 1. The van der Waals surface area contributed by atoms with Crippen LogP contribution in [-0.2, 0) is 6.54 Å². The van der Waals surface area contributed by atoms with Gasteiger partial charge in [-0.15, -0.1) is 0 Å². The Bertz CT molecular complexity index is 539. The zero-order valence-electron chi connectivity index (χ0n) is 12.4.